The van der Waals surface area contributed by atoms with E-state index in [4.69, 9.17) is 0 Å². The average Bonchev–Trinajstić information content (AvgIpc) is 2.53. The van der Waals surface area contributed by atoms with Crippen LogP contribution in [0.5, 0.6) is 0 Å². The molecule has 2 heterocycles. The van der Waals surface area contributed by atoms with Crippen molar-refractivity contribution in [2.75, 3.05) is 7.05 Å². The number of carbonyl (C=O) groups is 1. The van der Waals surface area contributed by atoms with Gasteiger partial charge in [-0.1, -0.05) is 19.1 Å². The number of nitrogens with zero attached hydrogens (tertiary/aromatic N) is 1. The van der Waals surface area contributed by atoms with Gasteiger partial charge in [0.15, 0.2) is 0 Å². The van der Waals surface area contributed by atoms with Crippen LogP contribution in [0.15, 0.2) is 12.2 Å². The molecule has 2 heteroatoms. The maximum Gasteiger partial charge on any atom is 0.144 e. The van der Waals surface area contributed by atoms with Crippen molar-refractivity contribution in [3.8, 4) is 0 Å². The second-order valence-corrected chi connectivity index (χ2v) is 5.48. The highest BCUT2D eigenvalue weighted by molar-refractivity contribution is 5.88. The molecular formula is C14H23NO. The molecule has 2 aliphatic rings. The van der Waals surface area contributed by atoms with Gasteiger partial charge in [-0.25, -0.2) is 0 Å². The van der Waals surface area contributed by atoms with Gasteiger partial charge in [0.05, 0.1) is 5.41 Å². The summed E-state index contributed by atoms with van der Waals surface area (Å²) in [5.41, 5.74) is 0.841. The van der Waals surface area contributed by atoms with Gasteiger partial charge in [-0.15, -0.1) is 0 Å². The number of hydrogen-bond acceptors (Lipinski definition) is 2. The summed E-state index contributed by atoms with van der Waals surface area (Å²) in [7, 11) is 2.18. The molecule has 0 radical (unpaired) electrons. The lowest BCUT2D eigenvalue weighted by Crippen LogP contribution is -2.53. The fourth-order valence-electron chi connectivity index (χ4n) is 3.89. The monoisotopic (exact) mass is 221 g/mol. The van der Waals surface area contributed by atoms with Crippen LogP contribution in [0.2, 0.25) is 0 Å². The van der Waals surface area contributed by atoms with Crippen LogP contribution < -0.4 is 0 Å². The number of hydrogen-bond donors (Lipinski definition) is 0. The minimum atomic E-state index is -0.240. The number of piperidine rings is 1. The van der Waals surface area contributed by atoms with Crippen molar-refractivity contribution in [3.05, 3.63) is 12.2 Å². The Balaban J connectivity index is 2.39. The van der Waals surface area contributed by atoms with Crippen LogP contribution in [0.25, 0.3) is 0 Å². The summed E-state index contributed by atoms with van der Waals surface area (Å²) in [6.45, 7) is 8.15. The topological polar surface area (TPSA) is 20.3 Å². The van der Waals surface area contributed by atoms with Gasteiger partial charge in [0.1, 0.15) is 5.78 Å². The maximum atomic E-state index is 12.4. The zero-order chi connectivity index (χ0) is 11.9. The maximum absolute atomic E-state index is 12.4. The van der Waals surface area contributed by atoms with Crippen LogP contribution >= 0.6 is 0 Å². The number of Topliss-reactive ketones (excluding diaryl/α,β-unsaturated/α-hetero) is 1. The van der Waals surface area contributed by atoms with Gasteiger partial charge in [0.2, 0.25) is 0 Å². The molecule has 2 unspecified atom stereocenters. The van der Waals surface area contributed by atoms with Gasteiger partial charge in [-0.3, -0.25) is 9.69 Å². The van der Waals surface area contributed by atoms with Gasteiger partial charge < -0.3 is 0 Å². The van der Waals surface area contributed by atoms with Crippen LogP contribution in [0.3, 0.4) is 0 Å². The summed E-state index contributed by atoms with van der Waals surface area (Å²) >= 11 is 0. The molecule has 16 heavy (non-hydrogen) atoms. The molecule has 0 amide bonds. The molecule has 2 nitrogen and oxygen atoms in total. The van der Waals surface area contributed by atoms with Gasteiger partial charge in [0, 0.05) is 18.5 Å². The molecule has 0 spiro atoms. The minimum absolute atomic E-state index is 0.240. The lowest BCUT2D eigenvalue weighted by atomic mass is 9.66. The summed E-state index contributed by atoms with van der Waals surface area (Å²) in [6, 6.07) is 1.12. The van der Waals surface area contributed by atoms with E-state index in [1.54, 1.807) is 0 Å². The number of carbonyl (C=O) groups excluding carboxylic acids is 1. The third kappa shape index (κ3) is 1.39. The Kier molecular flexibility index (Phi) is 2.95. The first-order valence-electron chi connectivity index (χ1n) is 6.45. The highest BCUT2D eigenvalue weighted by Crippen LogP contribution is 2.50. The van der Waals surface area contributed by atoms with E-state index < -0.39 is 0 Å². The highest BCUT2D eigenvalue weighted by atomic mass is 16.1. The van der Waals surface area contributed by atoms with Crippen molar-refractivity contribution in [1.82, 2.24) is 4.90 Å². The summed E-state index contributed by atoms with van der Waals surface area (Å²) in [4.78, 5) is 14.8. The van der Waals surface area contributed by atoms with Crippen LogP contribution in [0, 0.1) is 5.41 Å². The predicted octanol–water partition coefficient (Wildman–Crippen LogP) is 2.78. The first-order valence-corrected chi connectivity index (χ1v) is 6.45. The van der Waals surface area contributed by atoms with Crippen LogP contribution in [0.1, 0.15) is 46.0 Å². The number of rotatable bonds is 3. The Morgan fingerprint density at radius 2 is 2.12 bits per heavy atom. The first-order chi connectivity index (χ1) is 7.54. The van der Waals surface area contributed by atoms with E-state index in [9.17, 15) is 4.79 Å². The molecule has 0 aromatic carbocycles. The van der Waals surface area contributed by atoms with E-state index >= 15 is 0 Å². The molecule has 0 aliphatic carbocycles. The van der Waals surface area contributed by atoms with E-state index in [-0.39, 0.29) is 5.41 Å². The first kappa shape index (κ1) is 11.8. The fourth-order valence-corrected chi connectivity index (χ4v) is 3.89. The molecule has 0 N–H and O–H groups in total. The lowest BCUT2D eigenvalue weighted by molar-refractivity contribution is -0.131. The van der Waals surface area contributed by atoms with Crippen molar-refractivity contribution in [2.45, 2.75) is 58.0 Å². The summed E-state index contributed by atoms with van der Waals surface area (Å²) in [6.07, 6.45) is 5.25. The van der Waals surface area contributed by atoms with Crippen LogP contribution in [-0.2, 0) is 4.79 Å². The van der Waals surface area contributed by atoms with Crippen molar-refractivity contribution < 1.29 is 4.79 Å². The normalized spacial score (nSPS) is 38.7. The van der Waals surface area contributed by atoms with Gasteiger partial charge in [-0.05, 0) is 39.7 Å². The zero-order valence-electron chi connectivity index (χ0n) is 10.8. The standard InChI is InChI=1S/C14H23NO/c1-5-13(16)14(10(2)3)9-8-11-6-7-12(14)15(11)4/h11-12H,2,5-9H2,1,3-4H3/t11?,12?,14-/m1/s1. The summed E-state index contributed by atoms with van der Waals surface area (Å²) in [5, 5.41) is 0. The number of ketones is 1. The number of fused-ring (bicyclic) bond motifs is 2. The Morgan fingerprint density at radius 3 is 2.69 bits per heavy atom. The SMILES string of the molecule is C=C(C)[C@]1(C(=O)CC)CCC2CCC1N2C. The van der Waals surface area contributed by atoms with Crippen LogP contribution in [-0.4, -0.2) is 29.8 Å². The van der Waals surface area contributed by atoms with Gasteiger partial charge in [-0.2, -0.15) is 0 Å². The molecule has 2 fully saturated rings. The molecule has 2 saturated heterocycles. The third-order valence-electron chi connectivity index (χ3n) is 4.86. The fraction of sp³-hybridized carbons (Fsp3) is 0.786. The Bertz CT molecular complexity index is 323. The quantitative estimate of drug-likeness (QED) is 0.683. The van der Waals surface area contributed by atoms with E-state index in [0.717, 1.165) is 18.4 Å². The molecule has 2 aliphatic heterocycles. The molecule has 0 aromatic rings. The van der Waals surface area contributed by atoms with Gasteiger partial charge in [0.25, 0.3) is 0 Å². The molecule has 90 valence electrons. The van der Waals surface area contributed by atoms with Crippen molar-refractivity contribution >= 4 is 5.78 Å². The summed E-state index contributed by atoms with van der Waals surface area (Å²) in [5.74, 6) is 0.400. The summed E-state index contributed by atoms with van der Waals surface area (Å²) < 4.78 is 0. The Labute approximate surface area is 98.7 Å². The van der Waals surface area contributed by atoms with Crippen molar-refractivity contribution in [1.29, 1.82) is 0 Å². The Hall–Kier alpha value is -0.630. The van der Waals surface area contributed by atoms with E-state index in [0.29, 0.717) is 24.3 Å². The molecule has 0 aromatic heterocycles. The minimum Gasteiger partial charge on any atom is -0.299 e. The second-order valence-electron chi connectivity index (χ2n) is 5.48. The largest absolute Gasteiger partial charge is 0.299 e. The van der Waals surface area contributed by atoms with E-state index in [1.807, 2.05) is 13.8 Å². The molecular weight excluding hydrogens is 198 g/mol. The Morgan fingerprint density at radius 1 is 1.44 bits per heavy atom. The van der Waals surface area contributed by atoms with Crippen molar-refractivity contribution in [2.24, 2.45) is 5.41 Å². The van der Waals surface area contributed by atoms with E-state index in [2.05, 4.69) is 18.5 Å². The molecule has 0 saturated carbocycles. The second kappa shape index (κ2) is 3.99. The van der Waals surface area contributed by atoms with Crippen molar-refractivity contribution in [3.63, 3.8) is 0 Å². The van der Waals surface area contributed by atoms with Gasteiger partial charge >= 0.3 is 0 Å². The average molecular weight is 221 g/mol. The van der Waals surface area contributed by atoms with Crippen LogP contribution in [0.4, 0.5) is 0 Å². The molecule has 2 bridgehead atoms. The highest BCUT2D eigenvalue weighted by Gasteiger charge is 2.53. The lowest BCUT2D eigenvalue weighted by Gasteiger charge is -2.47. The zero-order valence-corrected chi connectivity index (χ0v) is 10.8. The molecule has 2 rings (SSSR count). The smallest absolute Gasteiger partial charge is 0.144 e. The molecule has 3 atom stereocenters. The predicted molar refractivity (Wildman–Crippen MR) is 66.4 cm³/mol. The third-order valence-corrected chi connectivity index (χ3v) is 4.86. The van der Waals surface area contributed by atoms with E-state index in [1.165, 1.54) is 12.8 Å².